The van der Waals surface area contributed by atoms with Gasteiger partial charge in [0.2, 0.25) is 0 Å². The van der Waals surface area contributed by atoms with E-state index in [0.717, 1.165) is 27.8 Å². The van der Waals surface area contributed by atoms with E-state index in [2.05, 4.69) is 4.98 Å². The van der Waals surface area contributed by atoms with Crippen LogP contribution >= 0.6 is 0 Å². The van der Waals surface area contributed by atoms with Gasteiger partial charge in [-0.1, -0.05) is 18.2 Å². The maximum absolute atomic E-state index is 10.4. The van der Waals surface area contributed by atoms with Gasteiger partial charge >= 0.3 is 0 Å². The molecule has 3 nitrogen and oxygen atoms in total. The number of hydrogen-bond acceptors (Lipinski definition) is 2. The van der Waals surface area contributed by atoms with Gasteiger partial charge in [-0.15, -0.1) is 0 Å². The molecular weight excluding hydrogens is 214 g/mol. The van der Waals surface area contributed by atoms with Crippen LogP contribution in [-0.4, -0.2) is 10.1 Å². The van der Waals surface area contributed by atoms with Crippen molar-refractivity contribution in [1.29, 1.82) is 0 Å². The molecule has 1 aromatic carbocycles. The van der Waals surface area contributed by atoms with Crippen molar-refractivity contribution in [3.63, 3.8) is 0 Å². The van der Waals surface area contributed by atoms with Gasteiger partial charge in [0, 0.05) is 28.2 Å². The van der Waals surface area contributed by atoms with E-state index in [1.807, 2.05) is 43.5 Å². The van der Waals surface area contributed by atoms with Crippen LogP contribution in [0.3, 0.4) is 0 Å². The van der Waals surface area contributed by atoms with Crippen molar-refractivity contribution in [3.8, 4) is 0 Å². The first-order chi connectivity index (χ1) is 8.27. The molecule has 3 rings (SSSR count). The molecule has 0 aliphatic rings. The quantitative estimate of drug-likeness (QED) is 0.706. The summed E-state index contributed by atoms with van der Waals surface area (Å²) in [6.07, 6.45) is 2.80. The number of aromatic amines is 1. The molecule has 0 fully saturated rings. The zero-order valence-electron chi connectivity index (χ0n) is 9.47. The lowest BCUT2D eigenvalue weighted by Crippen LogP contribution is -1.98. The highest BCUT2D eigenvalue weighted by atomic mass is 16.3. The molecule has 0 saturated carbocycles. The molecule has 3 heteroatoms. The first-order valence-electron chi connectivity index (χ1n) is 5.55. The van der Waals surface area contributed by atoms with E-state index in [9.17, 15) is 5.11 Å². The van der Waals surface area contributed by atoms with Gasteiger partial charge < -0.3 is 14.5 Å². The molecule has 0 spiro atoms. The lowest BCUT2D eigenvalue weighted by atomic mass is 10.0. The molecule has 0 amide bonds. The molecule has 0 aliphatic heterocycles. The fraction of sp³-hybridized carbons (Fsp3) is 0.143. The van der Waals surface area contributed by atoms with Gasteiger partial charge in [0.25, 0.3) is 0 Å². The van der Waals surface area contributed by atoms with Crippen molar-refractivity contribution >= 4 is 10.9 Å². The van der Waals surface area contributed by atoms with E-state index >= 15 is 0 Å². The molecule has 0 aliphatic carbocycles. The number of fused-ring (bicyclic) bond motifs is 1. The van der Waals surface area contributed by atoms with Gasteiger partial charge in [0.15, 0.2) is 0 Å². The van der Waals surface area contributed by atoms with Crippen LogP contribution in [0.2, 0.25) is 0 Å². The number of aliphatic hydroxyl groups is 1. The highest BCUT2D eigenvalue weighted by molar-refractivity contribution is 5.83. The Hall–Kier alpha value is -2.00. The average molecular weight is 227 g/mol. The van der Waals surface area contributed by atoms with Crippen molar-refractivity contribution in [2.24, 2.45) is 0 Å². The third kappa shape index (κ3) is 1.56. The summed E-state index contributed by atoms with van der Waals surface area (Å²) in [5.74, 6) is 0.753. The Morgan fingerprint density at radius 3 is 2.76 bits per heavy atom. The van der Waals surface area contributed by atoms with Crippen LogP contribution in [0, 0.1) is 6.92 Å². The third-order valence-corrected chi connectivity index (χ3v) is 3.11. The van der Waals surface area contributed by atoms with Crippen LogP contribution < -0.4 is 0 Å². The number of aromatic nitrogens is 1. The minimum absolute atomic E-state index is 0.648. The number of para-hydroxylation sites is 1. The highest BCUT2D eigenvalue weighted by Crippen LogP contribution is 2.30. The molecule has 2 heterocycles. The summed E-state index contributed by atoms with van der Waals surface area (Å²) in [6, 6.07) is 9.74. The molecule has 86 valence electrons. The predicted octanol–water partition coefficient (Wildman–Crippen LogP) is 3.15. The molecule has 0 saturated heterocycles. The van der Waals surface area contributed by atoms with Crippen molar-refractivity contribution in [1.82, 2.24) is 4.98 Å². The summed E-state index contributed by atoms with van der Waals surface area (Å²) < 4.78 is 5.23. The normalized spacial score (nSPS) is 13.1. The van der Waals surface area contributed by atoms with Crippen LogP contribution in [-0.2, 0) is 0 Å². The summed E-state index contributed by atoms with van der Waals surface area (Å²) in [4.78, 5) is 3.16. The van der Waals surface area contributed by atoms with Crippen molar-refractivity contribution in [2.75, 3.05) is 0 Å². The van der Waals surface area contributed by atoms with Crippen LogP contribution in [0.15, 0.2) is 47.2 Å². The number of hydrogen-bond donors (Lipinski definition) is 2. The zero-order chi connectivity index (χ0) is 11.8. The van der Waals surface area contributed by atoms with Crippen LogP contribution in [0.25, 0.3) is 10.9 Å². The third-order valence-electron chi connectivity index (χ3n) is 3.11. The maximum Gasteiger partial charge on any atom is 0.109 e. The molecule has 2 N–H and O–H groups in total. The minimum Gasteiger partial charge on any atom is -0.469 e. The van der Waals surface area contributed by atoms with Gasteiger partial charge in [-0.05, 0) is 19.1 Å². The van der Waals surface area contributed by atoms with Gasteiger partial charge in [-0.25, -0.2) is 0 Å². The number of H-pyrrole nitrogens is 1. The van der Waals surface area contributed by atoms with E-state index in [4.69, 9.17) is 4.42 Å². The summed E-state index contributed by atoms with van der Waals surface area (Å²) in [7, 11) is 0. The molecule has 3 aromatic rings. The van der Waals surface area contributed by atoms with E-state index in [1.54, 1.807) is 6.26 Å². The number of nitrogens with one attached hydrogen (secondary N) is 1. The second-order valence-electron chi connectivity index (χ2n) is 4.12. The first-order valence-corrected chi connectivity index (χ1v) is 5.55. The topological polar surface area (TPSA) is 49.2 Å². The van der Waals surface area contributed by atoms with Gasteiger partial charge in [0.1, 0.15) is 11.9 Å². The second-order valence-corrected chi connectivity index (χ2v) is 4.12. The number of aliphatic hydroxyl groups excluding tert-OH is 1. The Balaban J connectivity index is 2.13. The first kappa shape index (κ1) is 10.2. The molecule has 2 aromatic heterocycles. The zero-order valence-corrected chi connectivity index (χ0v) is 9.47. The summed E-state index contributed by atoms with van der Waals surface area (Å²) in [5, 5.41) is 11.4. The SMILES string of the molecule is Cc1occc1C(O)c1c[nH]c2ccccc12. The molecule has 0 radical (unpaired) electrons. The maximum atomic E-state index is 10.4. The number of rotatable bonds is 2. The van der Waals surface area contributed by atoms with E-state index in [-0.39, 0.29) is 0 Å². The smallest absolute Gasteiger partial charge is 0.109 e. The lowest BCUT2D eigenvalue weighted by molar-refractivity contribution is 0.219. The average Bonchev–Trinajstić information content (AvgIpc) is 2.94. The Bertz CT molecular complexity index is 651. The van der Waals surface area contributed by atoms with Crippen molar-refractivity contribution in [2.45, 2.75) is 13.0 Å². The summed E-state index contributed by atoms with van der Waals surface area (Å²) in [6.45, 7) is 1.85. The molecule has 1 unspecified atom stereocenters. The molecule has 1 atom stereocenters. The van der Waals surface area contributed by atoms with E-state index in [0.29, 0.717) is 0 Å². The van der Waals surface area contributed by atoms with Crippen LogP contribution in [0.4, 0.5) is 0 Å². The summed E-state index contributed by atoms with van der Waals surface area (Å²) >= 11 is 0. The molecule has 0 bridgehead atoms. The van der Waals surface area contributed by atoms with Crippen LogP contribution in [0.1, 0.15) is 23.0 Å². The van der Waals surface area contributed by atoms with Crippen LogP contribution in [0.5, 0.6) is 0 Å². The predicted molar refractivity (Wildman–Crippen MR) is 65.8 cm³/mol. The Morgan fingerprint density at radius 1 is 1.18 bits per heavy atom. The van der Waals surface area contributed by atoms with E-state index in [1.165, 1.54) is 0 Å². The second kappa shape index (κ2) is 3.79. The lowest BCUT2D eigenvalue weighted by Gasteiger charge is -2.08. The van der Waals surface area contributed by atoms with E-state index < -0.39 is 6.10 Å². The Kier molecular flexibility index (Phi) is 2.27. The fourth-order valence-corrected chi connectivity index (χ4v) is 2.17. The summed E-state index contributed by atoms with van der Waals surface area (Å²) in [5.41, 5.74) is 2.72. The van der Waals surface area contributed by atoms with Crippen molar-refractivity contribution < 1.29 is 9.52 Å². The molecule has 17 heavy (non-hydrogen) atoms. The largest absolute Gasteiger partial charge is 0.469 e. The number of furan rings is 1. The number of benzene rings is 1. The Morgan fingerprint density at radius 2 is 2.00 bits per heavy atom. The molecular formula is C14H13NO2. The van der Waals surface area contributed by atoms with Gasteiger partial charge in [-0.3, -0.25) is 0 Å². The van der Waals surface area contributed by atoms with Gasteiger partial charge in [-0.2, -0.15) is 0 Å². The highest BCUT2D eigenvalue weighted by Gasteiger charge is 2.18. The standard InChI is InChI=1S/C14H13NO2/c1-9-10(6-7-17-9)14(16)12-8-15-13-5-3-2-4-11(12)13/h2-8,14-16H,1H3. The fourth-order valence-electron chi connectivity index (χ4n) is 2.17. The van der Waals surface area contributed by atoms with Gasteiger partial charge in [0.05, 0.1) is 6.26 Å². The Labute approximate surface area is 98.7 Å². The number of aryl methyl sites for hydroxylation is 1. The minimum atomic E-state index is -0.648. The monoisotopic (exact) mass is 227 g/mol. The van der Waals surface area contributed by atoms with Crippen molar-refractivity contribution in [3.05, 3.63) is 59.7 Å².